The van der Waals surface area contributed by atoms with Gasteiger partial charge in [-0.15, -0.1) is 11.3 Å². The lowest BCUT2D eigenvalue weighted by Crippen LogP contribution is -2.32. The van der Waals surface area contributed by atoms with Gasteiger partial charge in [-0.25, -0.2) is 9.78 Å². The largest absolute Gasteiger partial charge is 0.486 e. The van der Waals surface area contributed by atoms with E-state index in [1.165, 1.54) is 28.8 Å². The molecule has 2 aromatic carbocycles. The predicted octanol–water partition coefficient (Wildman–Crippen LogP) is 2.95. The highest BCUT2D eigenvalue weighted by atomic mass is 32.1. The van der Waals surface area contributed by atoms with E-state index in [4.69, 9.17) is 14.3 Å². The van der Waals surface area contributed by atoms with Crippen LogP contribution in [0.3, 0.4) is 0 Å². The van der Waals surface area contributed by atoms with Gasteiger partial charge in [-0.2, -0.15) is 0 Å². The molecule has 8 nitrogen and oxygen atoms in total. The summed E-state index contributed by atoms with van der Waals surface area (Å²) in [5.41, 5.74) is 1.14. The van der Waals surface area contributed by atoms with Crippen LogP contribution in [0.4, 0.5) is 0 Å². The zero-order valence-corrected chi connectivity index (χ0v) is 15.6. The van der Waals surface area contributed by atoms with Gasteiger partial charge in [-0.3, -0.25) is 9.59 Å². The Morgan fingerprint density at radius 1 is 1.00 bits per heavy atom. The fourth-order valence-electron chi connectivity index (χ4n) is 3.06. The zero-order chi connectivity index (χ0) is 20.0. The van der Waals surface area contributed by atoms with Crippen molar-refractivity contribution in [2.75, 3.05) is 13.2 Å². The fraction of sp³-hybridized carbons (Fsp3) is 0.100. The minimum absolute atomic E-state index is 0.00329. The second kappa shape index (κ2) is 6.71. The van der Waals surface area contributed by atoms with Crippen LogP contribution in [0.1, 0.15) is 31.2 Å². The van der Waals surface area contributed by atoms with E-state index < -0.39 is 17.8 Å². The van der Waals surface area contributed by atoms with Crippen LogP contribution < -0.4 is 9.47 Å². The Bertz CT molecular complexity index is 1140. The van der Waals surface area contributed by atoms with Gasteiger partial charge in [0.1, 0.15) is 18.2 Å². The third kappa shape index (κ3) is 2.92. The van der Waals surface area contributed by atoms with E-state index in [1.807, 2.05) is 6.07 Å². The van der Waals surface area contributed by atoms with Gasteiger partial charge in [-0.1, -0.05) is 17.2 Å². The number of hydrogen-bond acceptors (Lipinski definition) is 8. The molecule has 2 aliphatic heterocycles. The summed E-state index contributed by atoms with van der Waals surface area (Å²) >= 11 is 1.23. The van der Waals surface area contributed by atoms with E-state index in [1.54, 1.807) is 24.3 Å². The maximum Gasteiger partial charge on any atom is 0.383 e. The summed E-state index contributed by atoms with van der Waals surface area (Å²) in [5, 5.41) is 2.54. The molecule has 0 bridgehead atoms. The molecule has 0 saturated carbocycles. The van der Waals surface area contributed by atoms with E-state index >= 15 is 0 Å². The summed E-state index contributed by atoms with van der Waals surface area (Å²) in [6.07, 6.45) is 0. The van der Waals surface area contributed by atoms with Crippen LogP contribution in [0.2, 0.25) is 0 Å². The Balaban J connectivity index is 1.35. The van der Waals surface area contributed by atoms with Gasteiger partial charge >= 0.3 is 5.97 Å². The van der Waals surface area contributed by atoms with Crippen LogP contribution in [0.15, 0.2) is 47.8 Å². The third-order valence-corrected chi connectivity index (χ3v) is 5.32. The number of imide groups is 1. The molecule has 29 heavy (non-hydrogen) atoms. The molecule has 3 heterocycles. The number of rotatable bonds is 3. The molecule has 5 rings (SSSR count). The maximum atomic E-state index is 12.5. The summed E-state index contributed by atoms with van der Waals surface area (Å²) < 4.78 is 11.1. The number of benzene rings is 2. The van der Waals surface area contributed by atoms with Crippen molar-refractivity contribution in [3.63, 3.8) is 0 Å². The highest BCUT2D eigenvalue weighted by Gasteiger charge is 2.39. The molecular formula is C20H12N2O6S. The molecule has 0 unspecified atom stereocenters. The first-order valence-electron chi connectivity index (χ1n) is 8.67. The predicted molar refractivity (Wildman–Crippen MR) is 101 cm³/mol. The first-order chi connectivity index (χ1) is 14.1. The number of carbonyl (C=O) groups excluding carboxylic acids is 3. The van der Waals surface area contributed by atoms with E-state index in [2.05, 4.69) is 4.98 Å². The average molecular weight is 408 g/mol. The summed E-state index contributed by atoms with van der Waals surface area (Å²) in [6.45, 7) is 0.962. The maximum absolute atomic E-state index is 12.5. The summed E-state index contributed by atoms with van der Waals surface area (Å²) in [5.74, 6) is -0.983. The number of thiazole rings is 1. The van der Waals surface area contributed by atoms with Crippen molar-refractivity contribution in [3.05, 3.63) is 64.7 Å². The van der Waals surface area contributed by atoms with Crippen LogP contribution in [0.25, 0.3) is 10.6 Å². The molecule has 0 N–H and O–H groups in total. The average Bonchev–Trinajstić information content (AvgIpc) is 3.34. The Labute approximate surface area is 168 Å². The summed E-state index contributed by atoms with van der Waals surface area (Å²) in [7, 11) is 0. The minimum atomic E-state index is -0.889. The zero-order valence-electron chi connectivity index (χ0n) is 14.8. The molecular weight excluding hydrogens is 396 g/mol. The van der Waals surface area contributed by atoms with E-state index in [-0.39, 0.29) is 16.8 Å². The number of hydroxylamine groups is 2. The first-order valence-corrected chi connectivity index (χ1v) is 9.55. The van der Waals surface area contributed by atoms with Crippen molar-refractivity contribution >= 4 is 29.1 Å². The third-order valence-electron chi connectivity index (χ3n) is 4.43. The molecule has 3 aromatic rings. The molecule has 0 aliphatic carbocycles. The van der Waals surface area contributed by atoms with Crippen LogP contribution in [-0.2, 0) is 4.84 Å². The van der Waals surface area contributed by atoms with Gasteiger partial charge in [0.05, 0.1) is 11.1 Å². The van der Waals surface area contributed by atoms with E-state index in [9.17, 15) is 14.4 Å². The van der Waals surface area contributed by atoms with Gasteiger partial charge in [-0.05, 0) is 30.3 Å². The number of ether oxygens (including phenoxy) is 2. The van der Waals surface area contributed by atoms with Gasteiger partial charge in [0, 0.05) is 10.9 Å². The Morgan fingerprint density at radius 3 is 2.41 bits per heavy atom. The highest BCUT2D eigenvalue weighted by Crippen LogP contribution is 2.35. The van der Waals surface area contributed by atoms with Crippen molar-refractivity contribution < 1.29 is 28.7 Å². The normalized spacial score (nSPS) is 14.7. The van der Waals surface area contributed by atoms with Crippen LogP contribution >= 0.6 is 11.3 Å². The van der Waals surface area contributed by atoms with Crippen LogP contribution in [-0.4, -0.2) is 41.0 Å². The smallest absolute Gasteiger partial charge is 0.383 e. The molecule has 1 aromatic heterocycles. The molecule has 2 amide bonds. The molecule has 144 valence electrons. The van der Waals surface area contributed by atoms with E-state index in [0.717, 1.165) is 5.56 Å². The SMILES string of the molecule is O=C(ON1C(=O)c2ccccc2C1=O)c1csc(-c2ccc3c(c2)OCCO3)n1. The first kappa shape index (κ1) is 17.4. The number of carbonyl (C=O) groups is 3. The van der Waals surface area contributed by atoms with Crippen LogP contribution in [0, 0.1) is 0 Å². The number of aromatic nitrogens is 1. The summed E-state index contributed by atoms with van der Waals surface area (Å²) in [6, 6.07) is 11.7. The molecule has 0 atom stereocenters. The molecule has 2 aliphatic rings. The number of nitrogens with zero attached hydrogens (tertiary/aromatic N) is 2. The molecule has 9 heteroatoms. The fourth-order valence-corrected chi connectivity index (χ4v) is 3.84. The highest BCUT2D eigenvalue weighted by molar-refractivity contribution is 7.13. The Kier molecular flexibility index (Phi) is 4.02. The topological polar surface area (TPSA) is 95.0 Å². The molecule has 0 spiro atoms. The van der Waals surface area contributed by atoms with Gasteiger partial charge in [0.2, 0.25) is 0 Å². The lowest BCUT2D eigenvalue weighted by atomic mass is 10.1. The number of fused-ring (bicyclic) bond motifs is 2. The molecule has 0 radical (unpaired) electrons. The van der Waals surface area contributed by atoms with Crippen molar-refractivity contribution in [1.29, 1.82) is 0 Å². The van der Waals surface area contributed by atoms with Crippen molar-refractivity contribution in [2.24, 2.45) is 0 Å². The monoisotopic (exact) mass is 408 g/mol. The number of hydrogen-bond donors (Lipinski definition) is 0. The number of amides is 2. The lowest BCUT2D eigenvalue weighted by Gasteiger charge is -2.18. The van der Waals surface area contributed by atoms with Crippen molar-refractivity contribution in [1.82, 2.24) is 10.0 Å². The van der Waals surface area contributed by atoms with E-state index in [0.29, 0.717) is 34.8 Å². The molecule has 0 saturated heterocycles. The molecule has 0 fully saturated rings. The van der Waals surface area contributed by atoms with Gasteiger partial charge < -0.3 is 14.3 Å². The minimum Gasteiger partial charge on any atom is -0.486 e. The Hall–Kier alpha value is -3.72. The second-order valence-corrected chi connectivity index (χ2v) is 7.08. The van der Waals surface area contributed by atoms with Crippen molar-refractivity contribution in [3.8, 4) is 22.1 Å². The van der Waals surface area contributed by atoms with Crippen molar-refractivity contribution in [2.45, 2.75) is 0 Å². The summed E-state index contributed by atoms with van der Waals surface area (Å²) in [4.78, 5) is 46.4. The lowest BCUT2D eigenvalue weighted by molar-refractivity contribution is -0.0587. The van der Waals surface area contributed by atoms with Gasteiger partial charge in [0.15, 0.2) is 17.2 Å². The quantitative estimate of drug-likeness (QED) is 0.615. The Morgan fingerprint density at radius 2 is 1.69 bits per heavy atom. The van der Waals surface area contributed by atoms with Gasteiger partial charge in [0.25, 0.3) is 11.8 Å². The standard InChI is InChI=1S/C20H12N2O6S/c23-18-12-3-1-2-4-13(12)19(24)22(18)28-20(25)14-10-29-17(21-14)11-5-6-15-16(9-11)27-8-7-26-15/h1-6,9-10H,7-8H2. The second-order valence-electron chi connectivity index (χ2n) is 6.23. The van der Waals surface area contributed by atoms with Crippen LogP contribution in [0.5, 0.6) is 11.5 Å².